The number of carboxylic acids is 3. The molecule has 15 nitrogen and oxygen atoms in total. The highest BCUT2D eigenvalue weighted by atomic mass is 32.2. The number of carbonyl (C=O) groups excluding carboxylic acids is 3. The van der Waals surface area contributed by atoms with Gasteiger partial charge in [-0.1, -0.05) is 13.2 Å². The summed E-state index contributed by atoms with van der Waals surface area (Å²) in [5, 5.41) is 27.0. The van der Waals surface area contributed by atoms with Gasteiger partial charge >= 0.3 is 35.8 Å². The highest BCUT2D eigenvalue weighted by molar-refractivity contribution is 7.85. The van der Waals surface area contributed by atoms with Crippen LogP contribution in [0.4, 0.5) is 0 Å². The number of ether oxygens (including phenoxy) is 3. The summed E-state index contributed by atoms with van der Waals surface area (Å²) < 4.78 is 39.4. The molecule has 16 heteroatoms. The fourth-order valence-electron chi connectivity index (χ4n) is 8.19. The molecular weight excluding hydrogens is 740 g/mol. The fourth-order valence-corrected chi connectivity index (χ4v) is 8.56. The van der Waals surface area contributed by atoms with E-state index in [1.807, 2.05) is 0 Å². The highest BCUT2D eigenvalue weighted by Gasteiger charge is 2.36. The zero-order chi connectivity index (χ0) is 41.0. The predicted molar refractivity (Wildman–Crippen MR) is 199 cm³/mol. The molecule has 3 N–H and O–H groups in total. The van der Waals surface area contributed by atoms with E-state index < -0.39 is 40.0 Å². The Bertz CT molecular complexity index is 1350. The van der Waals surface area contributed by atoms with Crippen LogP contribution in [0.2, 0.25) is 0 Å². The van der Waals surface area contributed by atoms with Gasteiger partial charge in [-0.05, 0) is 126 Å². The molecule has 0 aromatic carbocycles. The van der Waals surface area contributed by atoms with Crippen LogP contribution in [-0.2, 0) is 57.3 Å². The van der Waals surface area contributed by atoms with Crippen molar-refractivity contribution in [2.75, 3.05) is 32.7 Å². The van der Waals surface area contributed by atoms with Gasteiger partial charge in [-0.25, -0.2) is 9.59 Å². The Morgan fingerprint density at radius 2 is 0.764 bits per heavy atom. The van der Waals surface area contributed by atoms with Gasteiger partial charge in [-0.3, -0.25) is 23.4 Å². The molecule has 0 aliphatic heterocycles. The average Bonchev–Trinajstić information content (AvgIpc) is 3.18. The Labute approximate surface area is 324 Å². The van der Waals surface area contributed by atoms with Gasteiger partial charge in [0.15, 0.2) is 0 Å². The van der Waals surface area contributed by atoms with Crippen LogP contribution in [-0.4, -0.2) is 92.2 Å². The summed E-state index contributed by atoms with van der Waals surface area (Å²) in [6.45, 7) is 6.32. The van der Waals surface area contributed by atoms with Gasteiger partial charge < -0.3 is 29.5 Å². The van der Waals surface area contributed by atoms with E-state index in [1.165, 1.54) is 0 Å². The monoisotopic (exact) mass is 800 g/mol. The maximum atomic E-state index is 12.1. The van der Waals surface area contributed by atoms with E-state index in [0.717, 1.165) is 121 Å². The third-order valence-electron chi connectivity index (χ3n) is 11.3. The first-order valence-electron chi connectivity index (χ1n) is 19.3. The van der Waals surface area contributed by atoms with Crippen molar-refractivity contribution >= 4 is 45.9 Å². The van der Waals surface area contributed by atoms with E-state index in [1.54, 1.807) is 0 Å². The van der Waals surface area contributed by atoms with Crippen LogP contribution in [0, 0.1) is 47.3 Å². The number of rotatable bonds is 15. The number of hydrogen-bond donors (Lipinski definition) is 3. The van der Waals surface area contributed by atoms with Crippen molar-refractivity contribution in [1.82, 2.24) is 0 Å². The predicted octanol–water partition coefficient (Wildman–Crippen LogP) is 5.42. The van der Waals surface area contributed by atoms with E-state index in [2.05, 4.69) is 22.1 Å². The quantitative estimate of drug-likeness (QED) is 0.0617. The van der Waals surface area contributed by atoms with E-state index in [4.69, 9.17) is 24.8 Å². The molecule has 4 aliphatic rings. The van der Waals surface area contributed by atoms with Gasteiger partial charge in [0, 0.05) is 12.2 Å². The Kier molecular flexibility index (Phi) is 21.2. The molecule has 0 spiro atoms. The molecule has 0 aromatic rings. The van der Waals surface area contributed by atoms with Crippen LogP contribution in [0.1, 0.15) is 103 Å². The lowest BCUT2D eigenvalue weighted by Gasteiger charge is -2.36. The van der Waals surface area contributed by atoms with Crippen LogP contribution in [0.25, 0.3) is 0 Å². The second-order valence-corrected chi connectivity index (χ2v) is 16.5. The van der Waals surface area contributed by atoms with E-state index >= 15 is 0 Å². The first kappa shape index (κ1) is 47.4. The van der Waals surface area contributed by atoms with Crippen molar-refractivity contribution in [2.24, 2.45) is 47.3 Å². The van der Waals surface area contributed by atoms with Crippen molar-refractivity contribution in [1.29, 1.82) is 0 Å². The largest absolute Gasteiger partial charge is 0.481 e. The van der Waals surface area contributed by atoms with E-state index in [9.17, 15) is 37.2 Å². The Hall–Kier alpha value is -3.79. The second kappa shape index (κ2) is 24.7. The molecule has 0 bridgehead atoms. The van der Waals surface area contributed by atoms with Crippen molar-refractivity contribution in [2.45, 2.75) is 103 Å². The SMILES string of the molecule is C=CC(=O)OCCOC(=O)C1CCC(C2CCC(C(=O)O)CC2)CC1.C=CC(=O)OCCOS(C)(=O)=O.O=C(O)C1CCC(C2CCC(C(=O)O)CC2)CC1. The van der Waals surface area contributed by atoms with Crippen LogP contribution in [0.5, 0.6) is 0 Å². The Morgan fingerprint density at radius 3 is 1.04 bits per heavy atom. The lowest BCUT2D eigenvalue weighted by atomic mass is 9.69. The van der Waals surface area contributed by atoms with E-state index in [-0.39, 0.29) is 56.1 Å². The van der Waals surface area contributed by atoms with Crippen LogP contribution < -0.4 is 0 Å². The van der Waals surface area contributed by atoms with Crippen molar-refractivity contribution in [3.63, 3.8) is 0 Å². The van der Waals surface area contributed by atoms with Gasteiger partial charge in [-0.15, -0.1) is 0 Å². The summed E-state index contributed by atoms with van der Waals surface area (Å²) in [5.74, 6) is -1.34. The van der Waals surface area contributed by atoms with Crippen molar-refractivity contribution in [3.05, 3.63) is 25.3 Å². The summed E-state index contributed by atoms with van der Waals surface area (Å²) in [6, 6.07) is 0. The Morgan fingerprint density at radius 1 is 0.491 bits per heavy atom. The summed E-state index contributed by atoms with van der Waals surface area (Å²) in [6.07, 6.45) is 17.5. The van der Waals surface area contributed by atoms with Gasteiger partial charge in [-0.2, -0.15) is 8.42 Å². The molecule has 4 aliphatic carbocycles. The molecule has 312 valence electrons. The van der Waals surface area contributed by atoms with Gasteiger partial charge in [0.05, 0.1) is 29.9 Å². The van der Waals surface area contributed by atoms with Crippen LogP contribution >= 0.6 is 0 Å². The minimum absolute atomic E-state index is 0.0543. The van der Waals surface area contributed by atoms with Crippen molar-refractivity contribution < 1.29 is 70.9 Å². The molecule has 0 aromatic heterocycles. The third-order valence-corrected chi connectivity index (χ3v) is 11.9. The third kappa shape index (κ3) is 18.6. The van der Waals surface area contributed by atoms with Gasteiger partial charge in [0.2, 0.25) is 0 Å². The summed E-state index contributed by atoms with van der Waals surface area (Å²) >= 11 is 0. The van der Waals surface area contributed by atoms with Crippen LogP contribution in [0.15, 0.2) is 25.3 Å². The normalized spacial score (nSPS) is 27.9. The van der Waals surface area contributed by atoms with Crippen LogP contribution in [0.3, 0.4) is 0 Å². The number of aliphatic carboxylic acids is 3. The molecule has 4 rings (SSSR count). The molecule has 0 unspecified atom stereocenters. The molecule has 0 atom stereocenters. The smallest absolute Gasteiger partial charge is 0.330 e. The molecule has 0 radical (unpaired) electrons. The van der Waals surface area contributed by atoms with Gasteiger partial charge in [0.1, 0.15) is 26.4 Å². The first-order chi connectivity index (χ1) is 26.0. The topological polar surface area (TPSA) is 234 Å². The second-order valence-electron chi connectivity index (χ2n) is 14.9. The number of carboxylic acid groups (broad SMARTS) is 3. The zero-order valence-electron chi connectivity index (χ0n) is 32.0. The fraction of sp³-hybridized carbons (Fsp3) is 0.744. The summed E-state index contributed by atoms with van der Waals surface area (Å²) in [5.41, 5.74) is 0. The van der Waals surface area contributed by atoms with E-state index in [0.29, 0.717) is 23.7 Å². The number of hydrogen-bond acceptors (Lipinski definition) is 12. The number of carbonyl (C=O) groups is 6. The standard InChI is InChI=1S/C19H28O6.C14H22O4.C6H10O5S/c1-2-17(20)24-11-12-25-19(23)16-9-5-14(6-10-16)13-3-7-15(8-4-13)18(21)22;15-13(16)11-5-1-9(2-6-11)10-3-7-12(8-4-10)14(17)18;1-3-6(7)10-4-5-11-12(2,8)9/h2,13-16H,1,3-12H2,(H,21,22);9-12H,1-8H2,(H,15,16)(H,17,18);3H,1,4-5H2,2H3. The molecule has 0 saturated heterocycles. The molecule has 0 amide bonds. The highest BCUT2D eigenvalue weighted by Crippen LogP contribution is 2.42. The minimum atomic E-state index is -3.45. The first-order valence-corrected chi connectivity index (χ1v) is 21.1. The van der Waals surface area contributed by atoms with Gasteiger partial charge in [0.25, 0.3) is 10.1 Å². The Balaban J connectivity index is 0.000000305. The number of esters is 3. The maximum absolute atomic E-state index is 12.1. The average molecular weight is 801 g/mol. The molecule has 0 heterocycles. The molecule has 4 fully saturated rings. The maximum Gasteiger partial charge on any atom is 0.330 e. The summed E-state index contributed by atoms with van der Waals surface area (Å²) in [7, 11) is -3.45. The molecular formula is C39H60O15S. The lowest BCUT2D eigenvalue weighted by molar-refractivity contribution is -0.154. The minimum Gasteiger partial charge on any atom is -0.481 e. The molecule has 55 heavy (non-hydrogen) atoms. The lowest BCUT2D eigenvalue weighted by Crippen LogP contribution is -2.30. The summed E-state index contributed by atoms with van der Waals surface area (Å²) in [4.78, 5) is 66.2. The molecule has 4 saturated carbocycles. The van der Waals surface area contributed by atoms with Crippen molar-refractivity contribution in [3.8, 4) is 0 Å². The zero-order valence-corrected chi connectivity index (χ0v) is 32.8.